The molecule has 7 heteroatoms. The van der Waals surface area contributed by atoms with E-state index < -0.39 is 11.8 Å². The van der Waals surface area contributed by atoms with Gasteiger partial charge in [-0.3, -0.25) is 9.59 Å². The number of carbonyl (C=O) groups excluding carboxylic acids is 2. The van der Waals surface area contributed by atoms with E-state index in [9.17, 15) is 14.7 Å². The maximum atomic E-state index is 11.4. The van der Waals surface area contributed by atoms with Crippen LogP contribution >= 0.6 is 0 Å². The van der Waals surface area contributed by atoms with Crippen LogP contribution in [0.3, 0.4) is 0 Å². The molecule has 0 heterocycles. The van der Waals surface area contributed by atoms with Crippen molar-refractivity contribution in [2.24, 2.45) is 5.10 Å². The van der Waals surface area contributed by atoms with Crippen molar-refractivity contribution in [3.05, 3.63) is 23.8 Å². The van der Waals surface area contributed by atoms with Crippen molar-refractivity contribution in [1.29, 1.82) is 0 Å². The molecule has 0 unspecified atom stereocenters. The summed E-state index contributed by atoms with van der Waals surface area (Å²) in [4.78, 5) is 22.6. The van der Waals surface area contributed by atoms with E-state index >= 15 is 0 Å². The number of hydrazone groups is 1. The summed E-state index contributed by atoms with van der Waals surface area (Å²) < 4.78 is 5.22. The van der Waals surface area contributed by atoms with Gasteiger partial charge < -0.3 is 15.2 Å². The molecule has 0 bridgehead atoms. The molecular weight excluding hydrogens is 274 g/mol. The molecule has 114 valence electrons. The highest BCUT2D eigenvalue weighted by Crippen LogP contribution is 2.25. The highest BCUT2D eigenvalue weighted by Gasteiger charge is 2.10. The molecule has 0 aliphatic carbocycles. The second-order valence-electron chi connectivity index (χ2n) is 4.12. The summed E-state index contributed by atoms with van der Waals surface area (Å²) in [6, 6.07) is 4.64. The molecule has 0 aliphatic heterocycles. The standard InChI is InChI=1S/C14H19N3O4/c1-3-7-15-13(19)14(20)17-16-9-10-5-6-11(18)12(8-10)21-4-2/h5-6,8-9,18H,3-4,7H2,1-2H3,(H,15,19)(H,17,20)/b16-9-. The third-order valence-corrected chi connectivity index (χ3v) is 2.41. The lowest BCUT2D eigenvalue weighted by Crippen LogP contribution is -2.38. The van der Waals surface area contributed by atoms with Crippen molar-refractivity contribution in [2.45, 2.75) is 20.3 Å². The van der Waals surface area contributed by atoms with Crippen molar-refractivity contribution in [2.75, 3.05) is 13.2 Å². The van der Waals surface area contributed by atoms with Crippen LogP contribution in [0.25, 0.3) is 0 Å². The van der Waals surface area contributed by atoms with Gasteiger partial charge in [0.25, 0.3) is 0 Å². The lowest BCUT2D eigenvalue weighted by molar-refractivity contribution is -0.139. The van der Waals surface area contributed by atoms with Crippen LogP contribution in [-0.2, 0) is 9.59 Å². The summed E-state index contributed by atoms with van der Waals surface area (Å²) in [5.41, 5.74) is 2.74. The van der Waals surface area contributed by atoms with Crippen LogP contribution in [-0.4, -0.2) is 36.3 Å². The van der Waals surface area contributed by atoms with Crippen molar-refractivity contribution in [3.8, 4) is 11.5 Å². The number of amides is 2. The number of hydrogen-bond donors (Lipinski definition) is 3. The fraction of sp³-hybridized carbons (Fsp3) is 0.357. The third-order valence-electron chi connectivity index (χ3n) is 2.41. The number of rotatable bonds is 6. The zero-order chi connectivity index (χ0) is 15.7. The average Bonchev–Trinajstić information content (AvgIpc) is 2.48. The van der Waals surface area contributed by atoms with E-state index in [0.29, 0.717) is 24.5 Å². The summed E-state index contributed by atoms with van der Waals surface area (Å²) in [6.07, 6.45) is 2.10. The maximum absolute atomic E-state index is 11.4. The molecule has 0 aliphatic rings. The summed E-state index contributed by atoms with van der Waals surface area (Å²) in [5.74, 6) is -1.20. The van der Waals surface area contributed by atoms with Crippen LogP contribution in [0.4, 0.5) is 0 Å². The van der Waals surface area contributed by atoms with Crippen molar-refractivity contribution >= 4 is 18.0 Å². The molecule has 0 radical (unpaired) electrons. The minimum Gasteiger partial charge on any atom is -0.504 e. The predicted octanol–water partition coefficient (Wildman–Crippen LogP) is 0.767. The van der Waals surface area contributed by atoms with Gasteiger partial charge in [0.2, 0.25) is 0 Å². The Hall–Kier alpha value is -2.57. The Labute approximate surface area is 123 Å². The Morgan fingerprint density at radius 3 is 2.76 bits per heavy atom. The fourth-order valence-electron chi connectivity index (χ4n) is 1.42. The van der Waals surface area contributed by atoms with Gasteiger partial charge in [0.1, 0.15) is 0 Å². The van der Waals surface area contributed by atoms with Crippen LogP contribution < -0.4 is 15.5 Å². The van der Waals surface area contributed by atoms with Gasteiger partial charge >= 0.3 is 11.8 Å². The number of phenolic OH excluding ortho intramolecular Hbond substituents is 1. The van der Waals surface area contributed by atoms with E-state index in [1.807, 2.05) is 6.92 Å². The highest BCUT2D eigenvalue weighted by atomic mass is 16.5. The van der Waals surface area contributed by atoms with Crippen molar-refractivity contribution < 1.29 is 19.4 Å². The molecule has 21 heavy (non-hydrogen) atoms. The van der Waals surface area contributed by atoms with Gasteiger partial charge in [0, 0.05) is 6.54 Å². The second kappa shape index (κ2) is 8.57. The predicted molar refractivity (Wildman–Crippen MR) is 78.3 cm³/mol. The number of ether oxygens (including phenoxy) is 1. The molecule has 0 atom stereocenters. The van der Waals surface area contributed by atoms with Crippen molar-refractivity contribution in [1.82, 2.24) is 10.7 Å². The molecule has 7 nitrogen and oxygen atoms in total. The van der Waals surface area contributed by atoms with Gasteiger partial charge in [-0.1, -0.05) is 6.92 Å². The minimum absolute atomic E-state index is 0.0250. The third kappa shape index (κ3) is 5.52. The number of carbonyl (C=O) groups is 2. The van der Waals surface area contributed by atoms with Crippen LogP contribution in [0.2, 0.25) is 0 Å². The average molecular weight is 293 g/mol. The Morgan fingerprint density at radius 1 is 1.33 bits per heavy atom. The first kappa shape index (κ1) is 16.5. The highest BCUT2D eigenvalue weighted by molar-refractivity contribution is 6.35. The van der Waals surface area contributed by atoms with E-state index in [0.717, 1.165) is 6.42 Å². The summed E-state index contributed by atoms with van der Waals surface area (Å²) in [7, 11) is 0. The van der Waals surface area contributed by atoms with Crippen LogP contribution in [0, 0.1) is 0 Å². The van der Waals surface area contributed by atoms with Crippen LogP contribution in [0.15, 0.2) is 23.3 Å². The lowest BCUT2D eigenvalue weighted by atomic mass is 10.2. The molecule has 0 aromatic heterocycles. The molecule has 0 saturated carbocycles. The Bertz CT molecular complexity index is 529. The van der Waals surface area contributed by atoms with Crippen LogP contribution in [0.1, 0.15) is 25.8 Å². The number of aromatic hydroxyl groups is 1. The monoisotopic (exact) mass is 293 g/mol. The largest absolute Gasteiger partial charge is 0.504 e. The van der Waals surface area contributed by atoms with E-state index in [-0.39, 0.29) is 5.75 Å². The fourth-order valence-corrected chi connectivity index (χ4v) is 1.42. The first-order valence-corrected chi connectivity index (χ1v) is 6.65. The Morgan fingerprint density at radius 2 is 2.10 bits per heavy atom. The van der Waals surface area contributed by atoms with Crippen LogP contribution in [0.5, 0.6) is 11.5 Å². The summed E-state index contributed by atoms with van der Waals surface area (Å²) in [5, 5.41) is 15.7. The summed E-state index contributed by atoms with van der Waals surface area (Å²) >= 11 is 0. The Balaban J connectivity index is 2.59. The molecule has 0 saturated heterocycles. The van der Waals surface area contributed by atoms with E-state index in [1.165, 1.54) is 12.3 Å². The molecule has 3 N–H and O–H groups in total. The smallest absolute Gasteiger partial charge is 0.329 e. The normalized spacial score (nSPS) is 10.4. The number of phenols is 1. The zero-order valence-corrected chi connectivity index (χ0v) is 12.0. The lowest BCUT2D eigenvalue weighted by Gasteiger charge is -2.06. The molecule has 0 spiro atoms. The van der Waals surface area contributed by atoms with E-state index in [4.69, 9.17) is 4.74 Å². The molecule has 2 amide bonds. The molecule has 1 aromatic carbocycles. The molecule has 1 rings (SSSR count). The summed E-state index contributed by atoms with van der Waals surface area (Å²) in [6.45, 7) is 4.54. The SMILES string of the molecule is CCCNC(=O)C(=O)N/N=C\c1ccc(O)c(OCC)c1. The number of nitrogens with one attached hydrogen (secondary N) is 2. The minimum atomic E-state index is -0.830. The van der Waals surface area contributed by atoms with E-state index in [2.05, 4.69) is 15.8 Å². The molecular formula is C14H19N3O4. The quantitative estimate of drug-likeness (QED) is 0.409. The number of hydrogen-bond acceptors (Lipinski definition) is 5. The van der Waals surface area contributed by atoms with Gasteiger partial charge in [0.15, 0.2) is 11.5 Å². The number of nitrogens with zero attached hydrogens (tertiary/aromatic N) is 1. The zero-order valence-electron chi connectivity index (χ0n) is 12.0. The first-order chi connectivity index (χ1) is 10.1. The Kier molecular flexibility index (Phi) is 6.73. The van der Waals surface area contributed by atoms with Gasteiger partial charge in [-0.25, -0.2) is 5.43 Å². The van der Waals surface area contributed by atoms with Gasteiger partial charge in [-0.05, 0) is 37.1 Å². The van der Waals surface area contributed by atoms with Gasteiger partial charge in [0.05, 0.1) is 12.8 Å². The van der Waals surface area contributed by atoms with E-state index in [1.54, 1.807) is 19.1 Å². The van der Waals surface area contributed by atoms with Gasteiger partial charge in [-0.15, -0.1) is 0 Å². The first-order valence-electron chi connectivity index (χ1n) is 6.65. The number of benzene rings is 1. The molecule has 0 fully saturated rings. The molecule has 1 aromatic rings. The van der Waals surface area contributed by atoms with Crippen molar-refractivity contribution in [3.63, 3.8) is 0 Å². The maximum Gasteiger partial charge on any atom is 0.329 e. The topological polar surface area (TPSA) is 100 Å². The second-order valence-corrected chi connectivity index (χ2v) is 4.12. The van der Waals surface area contributed by atoms with Gasteiger partial charge in [-0.2, -0.15) is 5.10 Å².